The predicted molar refractivity (Wildman–Crippen MR) is 39.2 cm³/mol. The van der Waals surface area contributed by atoms with Gasteiger partial charge in [-0.1, -0.05) is 0 Å². The standard InChI is InChI=1S/C4H10O2S2/c5-4(6,8)2-1-3-7/h5-8H,1-3H2. The lowest BCUT2D eigenvalue weighted by Gasteiger charge is -2.12. The summed E-state index contributed by atoms with van der Waals surface area (Å²) in [6, 6.07) is 0. The van der Waals surface area contributed by atoms with E-state index in [1.165, 1.54) is 0 Å². The quantitative estimate of drug-likeness (QED) is 0.348. The molecule has 0 atom stereocenters. The molecule has 0 saturated carbocycles. The number of thiol groups is 2. The SMILES string of the molecule is OC(O)(S)CCCS. The van der Waals surface area contributed by atoms with E-state index in [-0.39, 0.29) is 6.42 Å². The second-order valence-electron chi connectivity index (χ2n) is 1.60. The summed E-state index contributed by atoms with van der Waals surface area (Å²) in [7, 11) is 0. The Hall–Kier alpha value is 0.620. The fourth-order valence-electron chi connectivity index (χ4n) is 0.316. The summed E-state index contributed by atoms with van der Waals surface area (Å²) in [6.07, 6.45) is 0.930. The molecule has 0 aliphatic heterocycles. The van der Waals surface area contributed by atoms with E-state index in [2.05, 4.69) is 25.3 Å². The minimum atomic E-state index is -1.80. The lowest BCUT2D eigenvalue weighted by molar-refractivity contribution is -0.0791. The summed E-state index contributed by atoms with van der Waals surface area (Å²) < 4.78 is 0. The van der Waals surface area contributed by atoms with Crippen molar-refractivity contribution in [2.24, 2.45) is 0 Å². The Balaban J connectivity index is 3.11. The van der Waals surface area contributed by atoms with Gasteiger partial charge in [-0.15, -0.1) is 12.6 Å². The molecule has 0 aromatic carbocycles. The lowest BCUT2D eigenvalue weighted by atomic mass is 10.3. The molecule has 50 valence electrons. The molecule has 8 heavy (non-hydrogen) atoms. The second-order valence-corrected chi connectivity index (χ2v) is 2.76. The van der Waals surface area contributed by atoms with Crippen molar-refractivity contribution in [3.05, 3.63) is 0 Å². The Morgan fingerprint density at radius 2 is 1.88 bits per heavy atom. The monoisotopic (exact) mass is 154 g/mol. The molecule has 0 unspecified atom stereocenters. The maximum Gasteiger partial charge on any atom is 0.210 e. The summed E-state index contributed by atoms with van der Waals surface area (Å²) in [5.74, 6) is 0.656. The van der Waals surface area contributed by atoms with Crippen LogP contribution in [-0.2, 0) is 0 Å². The molecule has 2 nitrogen and oxygen atoms in total. The van der Waals surface area contributed by atoms with Gasteiger partial charge in [0.25, 0.3) is 0 Å². The topological polar surface area (TPSA) is 40.5 Å². The van der Waals surface area contributed by atoms with Crippen molar-refractivity contribution in [2.75, 3.05) is 5.75 Å². The molecule has 0 rings (SSSR count). The highest BCUT2D eigenvalue weighted by atomic mass is 32.1. The molecule has 0 aliphatic rings. The van der Waals surface area contributed by atoms with Gasteiger partial charge in [-0.25, -0.2) is 0 Å². The molecule has 0 saturated heterocycles. The first kappa shape index (κ1) is 8.62. The van der Waals surface area contributed by atoms with Crippen molar-refractivity contribution in [2.45, 2.75) is 18.0 Å². The fraction of sp³-hybridized carbons (Fsp3) is 1.00. The molecule has 0 amide bonds. The minimum absolute atomic E-state index is 0.264. The molecular formula is C4H10O2S2. The molecule has 2 N–H and O–H groups in total. The van der Waals surface area contributed by atoms with Crippen LogP contribution in [0.25, 0.3) is 0 Å². The Labute approximate surface area is 59.7 Å². The van der Waals surface area contributed by atoms with Crippen LogP contribution in [0, 0.1) is 0 Å². The van der Waals surface area contributed by atoms with Crippen LogP contribution in [0.4, 0.5) is 0 Å². The zero-order valence-electron chi connectivity index (χ0n) is 4.41. The van der Waals surface area contributed by atoms with Crippen molar-refractivity contribution in [3.8, 4) is 0 Å². The molecule has 0 radical (unpaired) electrons. The van der Waals surface area contributed by atoms with Gasteiger partial charge in [-0.2, -0.15) is 12.6 Å². The molecule has 0 spiro atoms. The minimum Gasteiger partial charge on any atom is -0.357 e. The first-order valence-corrected chi connectivity index (χ1v) is 3.42. The fourth-order valence-corrected chi connectivity index (χ4v) is 0.632. The average Bonchev–Trinajstić information content (AvgIpc) is 1.59. The van der Waals surface area contributed by atoms with Crippen LogP contribution in [-0.4, -0.2) is 21.1 Å². The van der Waals surface area contributed by atoms with Gasteiger partial charge >= 0.3 is 0 Å². The first-order valence-electron chi connectivity index (χ1n) is 2.34. The molecular weight excluding hydrogens is 144 g/mol. The third kappa shape index (κ3) is 6.62. The zero-order valence-corrected chi connectivity index (χ0v) is 6.20. The molecule has 0 aromatic heterocycles. The lowest BCUT2D eigenvalue weighted by Crippen LogP contribution is -2.18. The summed E-state index contributed by atoms with van der Waals surface area (Å²) in [5, 5.41) is 15.3. The molecule has 0 aliphatic carbocycles. The number of rotatable bonds is 3. The second kappa shape index (κ2) is 3.61. The van der Waals surface area contributed by atoms with Crippen LogP contribution < -0.4 is 0 Å². The average molecular weight is 154 g/mol. The summed E-state index contributed by atoms with van der Waals surface area (Å²) in [4.78, 5) is 0. The predicted octanol–water partition coefficient (Wildman–Crippen LogP) is 0.265. The maximum atomic E-state index is 8.53. The third-order valence-electron chi connectivity index (χ3n) is 0.670. The Morgan fingerprint density at radius 1 is 1.38 bits per heavy atom. The van der Waals surface area contributed by atoms with Gasteiger partial charge in [-0.05, 0) is 12.2 Å². The van der Waals surface area contributed by atoms with Crippen LogP contribution >= 0.6 is 25.3 Å². The van der Waals surface area contributed by atoms with Crippen molar-refractivity contribution < 1.29 is 10.2 Å². The normalized spacial score (nSPS) is 12.0. The maximum absolute atomic E-state index is 8.53. The highest BCUT2D eigenvalue weighted by Crippen LogP contribution is 2.12. The van der Waals surface area contributed by atoms with Gasteiger partial charge in [0.2, 0.25) is 5.12 Å². The first-order chi connectivity index (χ1) is 3.56. The van der Waals surface area contributed by atoms with E-state index in [4.69, 9.17) is 10.2 Å². The van der Waals surface area contributed by atoms with Gasteiger partial charge in [0.05, 0.1) is 0 Å². The van der Waals surface area contributed by atoms with E-state index in [0.29, 0.717) is 12.2 Å². The van der Waals surface area contributed by atoms with E-state index < -0.39 is 5.12 Å². The van der Waals surface area contributed by atoms with Crippen molar-refractivity contribution >= 4 is 25.3 Å². The number of aliphatic hydroxyl groups is 2. The van der Waals surface area contributed by atoms with Crippen LogP contribution in [0.2, 0.25) is 0 Å². The third-order valence-corrected chi connectivity index (χ3v) is 1.21. The van der Waals surface area contributed by atoms with Crippen LogP contribution in [0.3, 0.4) is 0 Å². The largest absolute Gasteiger partial charge is 0.357 e. The zero-order chi connectivity index (χ0) is 6.62. The van der Waals surface area contributed by atoms with E-state index in [0.717, 1.165) is 0 Å². The van der Waals surface area contributed by atoms with Gasteiger partial charge in [0.1, 0.15) is 0 Å². The Morgan fingerprint density at radius 3 is 2.00 bits per heavy atom. The molecule has 0 aromatic rings. The number of hydrogen-bond donors (Lipinski definition) is 4. The number of hydrogen-bond acceptors (Lipinski definition) is 4. The highest BCUT2D eigenvalue weighted by molar-refractivity contribution is 7.81. The smallest absolute Gasteiger partial charge is 0.210 e. The molecule has 0 bridgehead atoms. The molecule has 4 heteroatoms. The van der Waals surface area contributed by atoms with E-state index in [1.54, 1.807) is 0 Å². The van der Waals surface area contributed by atoms with Gasteiger partial charge < -0.3 is 10.2 Å². The van der Waals surface area contributed by atoms with Crippen LogP contribution in [0.1, 0.15) is 12.8 Å². The van der Waals surface area contributed by atoms with Crippen molar-refractivity contribution in [1.82, 2.24) is 0 Å². The van der Waals surface area contributed by atoms with Gasteiger partial charge in [0, 0.05) is 6.42 Å². The van der Waals surface area contributed by atoms with E-state index in [1.807, 2.05) is 0 Å². The van der Waals surface area contributed by atoms with Crippen LogP contribution in [0.5, 0.6) is 0 Å². The molecule has 0 heterocycles. The summed E-state index contributed by atoms with van der Waals surface area (Å²) >= 11 is 7.34. The highest BCUT2D eigenvalue weighted by Gasteiger charge is 2.13. The van der Waals surface area contributed by atoms with E-state index >= 15 is 0 Å². The Bertz CT molecular complexity index is 59.5. The van der Waals surface area contributed by atoms with E-state index in [9.17, 15) is 0 Å². The molecule has 0 fully saturated rings. The summed E-state index contributed by atoms with van der Waals surface area (Å²) in [6.45, 7) is 0. The Kier molecular flexibility index (Phi) is 3.89. The van der Waals surface area contributed by atoms with Crippen molar-refractivity contribution in [3.63, 3.8) is 0 Å². The summed E-state index contributed by atoms with van der Waals surface area (Å²) in [5.41, 5.74) is 0. The van der Waals surface area contributed by atoms with Crippen molar-refractivity contribution in [1.29, 1.82) is 0 Å². The van der Waals surface area contributed by atoms with Gasteiger partial charge in [-0.3, -0.25) is 0 Å². The van der Waals surface area contributed by atoms with Crippen LogP contribution in [0.15, 0.2) is 0 Å². The van der Waals surface area contributed by atoms with Gasteiger partial charge in [0.15, 0.2) is 0 Å².